The second-order valence-electron chi connectivity index (χ2n) is 3.53. The van der Waals surface area contributed by atoms with Crippen LogP contribution in [0.1, 0.15) is 45.4 Å². The summed E-state index contributed by atoms with van der Waals surface area (Å²) in [6.45, 7) is 5.49. The first kappa shape index (κ1) is 10.0. The number of hydrogen-bond donors (Lipinski definition) is 0. The van der Waals surface area contributed by atoms with Crippen molar-refractivity contribution in [2.24, 2.45) is 0 Å². The molecule has 0 unspecified atom stereocenters. The van der Waals surface area contributed by atoms with Crippen molar-refractivity contribution in [2.75, 3.05) is 19.7 Å². The maximum absolute atomic E-state index is 5.19. The SMILES string of the molecule is CCCCCCCCN1CCO1. The Balaban J connectivity index is 1.70. The molecule has 0 aliphatic carbocycles. The number of nitrogens with zero attached hydrogens (tertiary/aromatic N) is 1. The quantitative estimate of drug-likeness (QED) is 0.546. The van der Waals surface area contributed by atoms with Gasteiger partial charge in [0.25, 0.3) is 0 Å². The van der Waals surface area contributed by atoms with Crippen LogP contribution in [0, 0.1) is 0 Å². The first-order chi connectivity index (χ1) is 5.93. The number of hydrogen-bond acceptors (Lipinski definition) is 2. The summed E-state index contributed by atoms with van der Waals surface area (Å²) in [7, 11) is 0. The van der Waals surface area contributed by atoms with Crippen molar-refractivity contribution in [1.82, 2.24) is 5.06 Å². The fourth-order valence-electron chi connectivity index (χ4n) is 1.47. The van der Waals surface area contributed by atoms with Crippen LogP contribution >= 0.6 is 0 Å². The summed E-state index contributed by atoms with van der Waals surface area (Å²) in [5.41, 5.74) is 0. The van der Waals surface area contributed by atoms with E-state index < -0.39 is 0 Å². The topological polar surface area (TPSA) is 12.5 Å². The van der Waals surface area contributed by atoms with E-state index in [0.29, 0.717) is 0 Å². The second kappa shape index (κ2) is 6.44. The minimum Gasteiger partial charge on any atom is -0.297 e. The summed E-state index contributed by atoms with van der Waals surface area (Å²) in [5, 5.41) is 2.07. The van der Waals surface area contributed by atoms with Crippen LogP contribution in [-0.4, -0.2) is 24.8 Å². The minimum atomic E-state index is 0.940. The average Bonchev–Trinajstić information content (AvgIpc) is 2.00. The standard InChI is InChI=1S/C10H21NO/c1-2-3-4-5-6-7-8-11-9-10-12-11/h2-10H2,1H3. The van der Waals surface area contributed by atoms with Gasteiger partial charge in [-0.25, -0.2) is 0 Å². The molecule has 0 aromatic carbocycles. The molecule has 1 saturated heterocycles. The third-order valence-corrected chi connectivity index (χ3v) is 2.38. The molecule has 1 aliphatic rings. The van der Waals surface area contributed by atoms with Crippen LogP contribution in [0.4, 0.5) is 0 Å². The first-order valence-electron chi connectivity index (χ1n) is 5.31. The van der Waals surface area contributed by atoms with Crippen LogP contribution in [0.5, 0.6) is 0 Å². The van der Waals surface area contributed by atoms with E-state index in [1.165, 1.54) is 38.5 Å². The van der Waals surface area contributed by atoms with Crippen molar-refractivity contribution in [3.8, 4) is 0 Å². The Morgan fingerprint density at radius 2 is 1.75 bits per heavy atom. The van der Waals surface area contributed by atoms with E-state index in [1.807, 2.05) is 0 Å². The zero-order valence-electron chi connectivity index (χ0n) is 8.22. The van der Waals surface area contributed by atoms with Crippen molar-refractivity contribution >= 4 is 0 Å². The Kier molecular flexibility index (Phi) is 5.37. The largest absolute Gasteiger partial charge is 0.297 e. The molecule has 1 rings (SSSR count). The van der Waals surface area contributed by atoms with Gasteiger partial charge in [0, 0.05) is 13.1 Å². The highest BCUT2D eigenvalue weighted by Gasteiger charge is 2.12. The first-order valence-corrected chi connectivity index (χ1v) is 5.31. The lowest BCUT2D eigenvalue weighted by Gasteiger charge is -2.29. The van der Waals surface area contributed by atoms with Gasteiger partial charge >= 0.3 is 0 Å². The second-order valence-corrected chi connectivity index (χ2v) is 3.53. The van der Waals surface area contributed by atoms with Crippen LogP contribution in [0.25, 0.3) is 0 Å². The maximum Gasteiger partial charge on any atom is 0.0835 e. The van der Waals surface area contributed by atoms with E-state index in [2.05, 4.69) is 12.0 Å². The lowest BCUT2D eigenvalue weighted by molar-refractivity contribution is -0.246. The predicted molar refractivity (Wildman–Crippen MR) is 50.9 cm³/mol. The summed E-state index contributed by atoms with van der Waals surface area (Å²) >= 11 is 0. The van der Waals surface area contributed by atoms with Gasteiger partial charge < -0.3 is 0 Å². The van der Waals surface area contributed by atoms with Crippen molar-refractivity contribution in [3.05, 3.63) is 0 Å². The molecule has 0 spiro atoms. The van der Waals surface area contributed by atoms with E-state index in [-0.39, 0.29) is 0 Å². The van der Waals surface area contributed by atoms with Gasteiger partial charge in [0.05, 0.1) is 6.61 Å². The molecule has 0 amide bonds. The molecule has 0 N–H and O–H groups in total. The van der Waals surface area contributed by atoms with Crippen LogP contribution in [0.2, 0.25) is 0 Å². The molecule has 0 radical (unpaired) electrons. The van der Waals surface area contributed by atoms with Gasteiger partial charge in [-0.2, -0.15) is 5.06 Å². The maximum atomic E-state index is 5.19. The molecule has 1 aliphatic heterocycles. The molecule has 0 bridgehead atoms. The summed E-state index contributed by atoms with van der Waals surface area (Å²) in [5.74, 6) is 0. The van der Waals surface area contributed by atoms with Crippen molar-refractivity contribution in [3.63, 3.8) is 0 Å². The van der Waals surface area contributed by atoms with Gasteiger partial charge in [0.1, 0.15) is 0 Å². The van der Waals surface area contributed by atoms with Gasteiger partial charge in [-0.15, -0.1) is 0 Å². The smallest absolute Gasteiger partial charge is 0.0835 e. The Bertz CT molecular complexity index is 102. The van der Waals surface area contributed by atoms with E-state index in [0.717, 1.165) is 19.7 Å². The lowest BCUT2D eigenvalue weighted by atomic mass is 10.1. The van der Waals surface area contributed by atoms with Gasteiger partial charge in [0.2, 0.25) is 0 Å². The van der Waals surface area contributed by atoms with E-state index in [9.17, 15) is 0 Å². The van der Waals surface area contributed by atoms with Crippen LogP contribution in [0.3, 0.4) is 0 Å². The molecule has 0 aromatic rings. The zero-order chi connectivity index (χ0) is 8.65. The third-order valence-electron chi connectivity index (χ3n) is 2.38. The highest BCUT2D eigenvalue weighted by Crippen LogP contribution is 2.08. The van der Waals surface area contributed by atoms with Gasteiger partial charge in [0.15, 0.2) is 0 Å². The highest BCUT2D eigenvalue weighted by atomic mass is 16.7. The Hall–Kier alpha value is -0.0800. The third kappa shape index (κ3) is 4.07. The van der Waals surface area contributed by atoms with Crippen LogP contribution in [0.15, 0.2) is 0 Å². The van der Waals surface area contributed by atoms with Crippen molar-refractivity contribution in [1.29, 1.82) is 0 Å². The molecule has 0 atom stereocenters. The molecule has 1 heterocycles. The number of hydroxylamine groups is 2. The normalized spacial score (nSPS) is 17.8. The van der Waals surface area contributed by atoms with Gasteiger partial charge in [-0.3, -0.25) is 4.84 Å². The van der Waals surface area contributed by atoms with E-state index in [4.69, 9.17) is 4.84 Å². The molecule has 12 heavy (non-hydrogen) atoms. The average molecular weight is 171 g/mol. The molecule has 2 nitrogen and oxygen atoms in total. The molecule has 72 valence electrons. The number of unbranched alkanes of at least 4 members (excludes halogenated alkanes) is 5. The molecule has 0 saturated carbocycles. The molecule has 1 fully saturated rings. The van der Waals surface area contributed by atoms with Crippen molar-refractivity contribution in [2.45, 2.75) is 45.4 Å². The monoisotopic (exact) mass is 171 g/mol. The summed E-state index contributed by atoms with van der Waals surface area (Å²) in [6, 6.07) is 0. The molecular formula is C10H21NO. The van der Waals surface area contributed by atoms with Crippen molar-refractivity contribution < 1.29 is 4.84 Å². The fourth-order valence-corrected chi connectivity index (χ4v) is 1.47. The van der Waals surface area contributed by atoms with E-state index in [1.54, 1.807) is 0 Å². The summed E-state index contributed by atoms with van der Waals surface area (Å²) < 4.78 is 0. The predicted octanol–water partition coefficient (Wildman–Crippen LogP) is 2.59. The van der Waals surface area contributed by atoms with Gasteiger partial charge in [-0.1, -0.05) is 39.0 Å². The minimum absolute atomic E-state index is 0.940. The Morgan fingerprint density at radius 3 is 2.33 bits per heavy atom. The molecule has 2 heteroatoms. The summed E-state index contributed by atoms with van der Waals surface area (Å²) in [4.78, 5) is 5.19. The van der Waals surface area contributed by atoms with Gasteiger partial charge in [-0.05, 0) is 6.42 Å². The van der Waals surface area contributed by atoms with Crippen LogP contribution < -0.4 is 0 Å². The summed E-state index contributed by atoms with van der Waals surface area (Å²) in [6.07, 6.45) is 8.25. The molecule has 0 aromatic heterocycles. The Labute approximate surface area is 75.8 Å². The van der Waals surface area contributed by atoms with E-state index >= 15 is 0 Å². The fraction of sp³-hybridized carbons (Fsp3) is 1.00. The number of rotatable bonds is 7. The Morgan fingerprint density at radius 1 is 1.08 bits per heavy atom. The molecular weight excluding hydrogens is 150 g/mol. The lowest BCUT2D eigenvalue weighted by Crippen LogP contribution is -2.39. The highest BCUT2D eigenvalue weighted by molar-refractivity contribution is 4.54. The van der Waals surface area contributed by atoms with Crippen LogP contribution in [-0.2, 0) is 4.84 Å². The zero-order valence-corrected chi connectivity index (χ0v) is 8.22.